The maximum Gasteiger partial charge on any atom is 0.332 e. The minimum absolute atomic E-state index is 0.0973. The Hall–Kier alpha value is -2.94. The number of methoxy groups -OCH3 is 1. The SMILES string of the molecule is COC(=O)[C@@H](NC(=O)[C@]1(Cc2ccc(C)cc2)CCCN1C(=O)[C@@H]1CCCN1)[C@@H](C)OC(C)=O. The van der Waals surface area contributed by atoms with Gasteiger partial charge in [0.15, 0.2) is 6.04 Å². The van der Waals surface area contributed by atoms with E-state index in [9.17, 15) is 19.2 Å². The molecule has 0 saturated carbocycles. The van der Waals surface area contributed by atoms with Crippen LogP contribution in [-0.2, 0) is 35.1 Å². The molecular formula is C25H35N3O6. The first-order valence-electron chi connectivity index (χ1n) is 11.8. The number of benzene rings is 1. The molecule has 0 aliphatic carbocycles. The molecule has 2 heterocycles. The summed E-state index contributed by atoms with van der Waals surface area (Å²) in [6.07, 6.45) is 2.14. The molecule has 3 rings (SSSR count). The summed E-state index contributed by atoms with van der Waals surface area (Å²) in [5.41, 5.74) is 0.846. The largest absolute Gasteiger partial charge is 0.467 e. The molecule has 4 atom stereocenters. The van der Waals surface area contributed by atoms with Crippen molar-refractivity contribution in [2.75, 3.05) is 20.2 Å². The van der Waals surface area contributed by atoms with Gasteiger partial charge in [0.25, 0.3) is 0 Å². The number of nitrogens with one attached hydrogen (secondary N) is 2. The van der Waals surface area contributed by atoms with Crippen molar-refractivity contribution in [2.45, 2.75) is 76.6 Å². The highest BCUT2D eigenvalue weighted by Crippen LogP contribution is 2.35. The Morgan fingerprint density at radius 1 is 1.21 bits per heavy atom. The predicted molar refractivity (Wildman–Crippen MR) is 125 cm³/mol. The normalized spacial score (nSPS) is 23.8. The van der Waals surface area contributed by atoms with Crippen LogP contribution < -0.4 is 10.6 Å². The summed E-state index contributed by atoms with van der Waals surface area (Å²) in [4.78, 5) is 53.1. The van der Waals surface area contributed by atoms with Crippen molar-refractivity contribution >= 4 is 23.8 Å². The first kappa shape index (κ1) is 25.7. The Balaban J connectivity index is 1.95. The molecule has 1 aromatic carbocycles. The van der Waals surface area contributed by atoms with E-state index in [2.05, 4.69) is 10.6 Å². The summed E-state index contributed by atoms with van der Waals surface area (Å²) in [5, 5.41) is 5.99. The van der Waals surface area contributed by atoms with Gasteiger partial charge < -0.3 is 25.0 Å². The average Bonchev–Trinajstić information content (AvgIpc) is 3.48. The lowest BCUT2D eigenvalue weighted by Crippen LogP contribution is -2.64. The first-order chi connectivity index (χ1) is 16.2. The van der Waals surface area contributed by atoms with E-state index in [1.165, 1.54) is 21.0 Å². The van der Waals surface area contributed by atoms with Crippen molar-refractivity contribution in [1.29, 1.82) is 0 Å². The smallest absolute Gasteiger partial charge is 0.332 e. The van der Waals surface area contributed by atoms with E-state index in [0.29, 0.717) is 25.8 Å². The van der Waals surface area contributed by atoms with E-state index in [1.54, 1.807) is 4.90 Å². The van der Waals surface area contributed by atoms with Gasteiger partial charge >= 0.3 is 11.9 Å². The fourth-order valence-electron chi connectivity index (χ4n) is 4.93. The van der Waals surface area contributed by atoms with Crippen LogP contribution in [0, 0.1) is 6.92 Å². The summed E-state index contributed by atoms with van der Waals surface area (Å²) < 4.78 is 10.0. The molecule has 2 saturated heterocycles. The number of ether oxygens (including phenoxy) is 2. The van der Waals surface area contributed by atoms with Crippen molar-refractivity contribution in [2.24, 2.45) is 0 Å². The Morgan fingerprint density at radius 2 is 1.91 bits per heavy atom. The lowest BCUT2D eigenvalue weighted by Gasteiger charge is -2.40. The highest BCUT2D eigenvalue weighted by Gasteiger charge is 2.52. The molecule has 2 aliphatic heterocycles. The standard InChI is InChI=1S/C25H35N3O6/c1-16-8-10-19(11-9-16)15-25(12-6-14-28(25)22(30)20-7-5-13-26-20)24(32)27-21(23(31)33-4)17(2)34-18(3)29/h8-11,17,20-21,26H,5-7,12-15H2,1-4H3,(H,27,32)/t17-,20+,21+,25-/m1/s1. The molecule has 0 unspecified atom stereocenters. The highest BCUT2D eigenvalue weighted by molar-refractivity contribution is 5.96. The van der Waals surface area contributed by atoms with E-state index >= 15 is 0 Å². The fraction of sp³-hybridized carbons (Fsp3) is 0.600. The fourth-order valence-corrected chi connectivity index (χ4v) is 4.93. The Labute approximate surface area is 200 Å². The van der Waals surface area contributed by atoms with E-state index in [4.69, 9.17) is 9.47 Å². The third-order valence-corrected chi connectivity index (χ3v) is 6.72. The summed E-state index contributed by atoms with van der Waals surface area (Å²) in [6, 6.07) is 6.34. The summed E-state index contributed by atoms with van der Waals surface area (Å²) in [5.74, 6) is -1.85. The number of carbonyl (C=O) groups is 4. The zero-order chi connectivity index (χ0) is 24.9. The van der Waals surface area contributed by atoms with Crippen LogP contribution >= 0.6 is 0 Å². The van der Waals surface area contributed by atoms with E-state index < -0.39 is 35.5 Å². The number of hydrogen-bond donors (Lipinski definition) is 2. The van der Waals surface area contributed by atoms with Gasteiger partial charge in [0, 0.05) is 19.9 Å². The number of likely N-dealkylation sites (tertiary alicyclic amines) is 1. The van der Waals surface area contributed by atoms with Crippen molar-refractivity contribution < 1.29 is 28.7 Å². The Bertz CT molecular complexity index is 912. The van der Waals surface area contributed by atoms with Crippen LogP contribution in [0.5, 0.6) is 0 Å². The topological polar surface area (TPSA) is 114 Å². The predicted octanol–water partition coefficient (Wildman–Crippen LogP) is 1.26. The second-order valence-corrected chi connectivity index (χ2v) is 9.23. The summed E-state index contributed by atoms with van der Waals surface area (Å²) in [7, 11) is 1.21. The molecule has 1 aromatic rings. The molecule has 2 amide bonds. The Morgan fingerprint density at radius 3 is 2.50 bits per heavy atom. The number of rotatable bonds is 8. The maximum atomic E-state index is 13.9. The number of hydrogen-bond acceptors (Lipinski definition) is 7. The molecule has 186 valence electrons. The van der Waals surface area contributed by atoms with Gasteiger partial charge in [-0.2, -0.15) is 0 Å². The molecule has 9 heteroatoms. The van der Waals surface area contributed by atoms with Crippen molar-refractivity contribution in [1.82, 2.24) is 15.5 Å². The average molecular weight is 474 g/mol. The number of carbonyl (C=O) groups excluding carboxylic acids is 4. The number of nitrogens with zero attached hydrogens (tertiary/aromatic N) is 1. The Kier molecular flexibility index (Phi) is 8.30. The van der Waals surface area contributed by atoms with Crippen LogP contribution in [0.1, 0.15) is 50.7 Å². The van der Waals surface area contributed by atoms with E-state index in [-0.39, 0.29) is 11.9 Å². The second kappa shape index (κ2) is 11.0. The molecule has 0 radical (unpaired) electrons. The maximum absolute atomic E-state index is 13.9. The van der Waals surface area contributed by atoms with E-state index in [1.807, 2.05) is 31.2 Å². The molecule has 34 heavy (non-hydrogen) atoms. The molecule has 0 aromatic heterocycles. The van der Waals surface area contributed by atoms with Gasteiger partial charge in [-0.15, -0.1) is 0 Å². The molecule has 2 N–H and O–H groups in total. The van der Waals surface area contributed by atoms with Gasteiger partial charge in [-0.1, -0.05) is 29.8 Å². The molecule has 0 spiro atoms. The van der Waals surface area contributed by atoms with Gasteiger partial charge in [-0.05, 0) is 51.6 Å². The quantitative estimate of drug-likeness (QED) is 0.547. The van der Waals surface area contributed by atoms with E-state index in [0.717, 1.165) is 30.5 Å². The second-order valence-electron chi connectivity index (χ2n) is 9.23. The number of amides is 2. The summed E-state index contributed by atoms with van der Waals surface area (Å²) >= 11 is 0. The zero-order valence-corrected chi connectivity index (χ0v) is 20.4. The first-order valence-corrected chi connectivity index (χ1v) is 11.8. The molecule has 2 aliphatic rings. The molecule has 0 bridgehead atoms. The molecule has 9 nitrogen and oxygen atoms in total. The number of esters is 2. The van der Waals surface area contributed by atoms with Crippen molar-refractivity contribution in [3.63, 3.8) is 0 Å². The third kappa shape index (κ3) is 5.58. The van der Waals surface area contributed by atoms with Gasteiger partial charge in [0.05, 0.1) is 13.2 Å². The van der Waals surface area contributed by atoms with Gasteiger partial charge in [0.1, 0.15) is 11.6 Å². The van der Waals surface area contributed by atoms with Crippen molar-refractivity contribution in [3.05, 3.63) is 35.4 Å². The number of aryl methyl sites for hydroxylation is 1. The molecule has 2 fully saturated rings. The van der Waals surface area contributed by atoms with Crippen LogP contribution in [0.2, 0.25) is 0 Å². The minimum Gasteiger partial charge on any atom is -0.467 e. The van der Waals surface area contributed by atoms with Gasteiger partial charge in [-0.25, -0.2) is 4.79 Å². The minimum atomic E-state index is -1.20. The third-order valence-electron chi connectivity index (χ3n) is 6.72. The van der Waals surface area contributed by atoms with Gasteiger partial charge in [0.2, 0.25) is 11.8 Å². The van der Waals surface area contributed by atoms with Crippen LogP contribution in [-0.4, -0.2) is 72.6 Å². The van der Waals surface area contributed by atoms with Crippen LogP contribution in [0.3, 0.4) is 0 Å². The lowest BCUT2D eigenvalue weighted by molar-refractivity contribution is -0.158. The van der Waals surface area contributed by atoms with Gasteiger partial charge in [-0.3, -0.25) is 14.4 Å². The van der Waals surface area contributed by atoms with Crippen LogP contribution in [0.4, 0.5) is 0 Å². The monoisotopic (exact) mass is 473 g/mol. The lowest BCUT2D eigenvalue weighted by atomic mass is 9.85. The van der Waals surface area contributed by atoms with Crippen molar-refractivity contribution in [3.8, 4) is 0 Å². The zero-order valence-electron chi connectivity index (χ0n) is 20.4. The van der Waals surface area contributed by atoms with Crippen LogP contribution in [0.15, 0.2) is 24.3 Å². The van der Waals surface area contributed by atoms with Crippen LogP contribution in [0.25, 0.3) is 0 Å². The summed E-state index contributed by atoms with van der Waals surface area (Å²) in [6.45, 7) is 5.97. The highest BCUT2D eigenvalue weighted by atomic mass is 16.6. The molecular weight excluding hydrogens is 438 g/mol.